The van der Waals surface area contributed by atoms with Crippen LogP contribution in [-0.2, 0) is 14.8 Å². The number of sulfonamides is 1. The number of hydrogen-bond donors (Lipinski definition) is 1. The predicted octanol–water partition coefficient (Wildman–Crippen LogP) is 2.84. The van der Waals surface area contributed by atoms with Gasteiger partial charge >= 0.3 is 0 Å². The fraction of sp³-hybridized carbons (Fsp3) is 0.438. The molecule has 1 aromatic carbocycles. The van der Waals surface area contributed by atoms with Crippen LogP contribution in [0.15, 0.2) is 28.6 Å². The van der Waals surface area contributed by atoms with Gasteiger partial charge in [0, 0.05) is 13.0 Å². The zero-order chi connectivity index (χ0) is 19.9. The van der Waals surface area contributed by atoms with Crippen LogP contribution in [0.4, 0.5) is 10.8 Å². The molecule has 2 aromatic rings. The molecular weight excluding hydrogens is 408 g/mol. The lowest BCUT2D eigenvalue weighted by molar-refractivity contribution is -0.116. The van der Waals surface area contributed by atoms with Crippen molar-refractivity contribution in [1.29, 1.82) is 0 Å². The molecule has 0 fully saturated rings. The van der Waals surface area contributed by atoms with Gasteiger partial charge in [-0.05, 0) is 31.7 Å². The third-order valence-corrected chi connectivity index (χ3v) is 6.42. The van der Waals surface area contributed by atoms with Crippen molar-refractivity contribution in [3.05, 3.63) is 24.3 Å². The van der Waals surface area contributed by atoms with Gasteiger partial charge in [0.25, 0.3) is 0 Å². The van der Waals surface area contributed by atoms with Crippen LogP contribution in [0.2, 0.25) is 0 Å². The number of nitrogens with zero attached hydrogens (tertiary/aromatic N) is 3. The minimum atomic E-state index is -3.52. The summed E-state index contributed by atoms with van der Waals surface area (Å²) in [6.07, 6.45) is 3.54. The monoisotopic (exact) mass is 430 g/mol. The molecule has 0 saturated carbocycles. The molecule has 11 heteroatoms. The molecule has 0 spiro atoms. The summed E-state index contributed by atoms with van der Waals surface area (Å²) in [4.78, 5) is 12.1. The Balaban J connectivity index is 2.00. The number of thioether (sulfide) groups is 1. The normalized spacial score (nSPS) is 11.2. The SMILES string of the molecule is CCOc1ccccc1N(CCCC(=O)Nc1nnc(SC)s1)S(C)(=O)=O. The lowest BCUT2D eigenvalue weighted by Crippen LogP contribution is -2.31. The van der Waals surface area contributed by atoms with Gasteiger partial charge in [0.05, 0.1) is 18.6 Å². The summed E-state index contributed by atoms with van der Waals surface area (Å²) in [6.45, 7) is 2.43. The molecule has 0 aliphatic carbocycles. The Morgan fingerprint density at radius 3 is 2.70 bits per heavy atom. The topological polar surface area (TPSA) is 101 Å². The predicted molar refractivity (Wildman–Crippen MR) is 109 cm³/mol. The Morgan fingerprint density at radius 1 is 1.33 bits per heavy atom. The lowest BCUT2D eigenvalue weighted by atomic mass is 10.2. The molecule has 0 radical (unpaired) electrons. The smallest absolute Gasteiger partial charge is 0.232 e. The zero-order valence-electron chi connectivity index (χ0n) is 15.3. The highest BCUT2D eigenvalue weighted by Gasteiger charge is 2.21. The molecule has 2 rings (SSSR count). The number of para-hydroxylation sites is 2. The Kier molecular flexibility index (Phi) is 7.87. The number of carbonyl (C=O) groups excluding carboxylic acids is 1. The van der Waals surface area contributed by atoms with E-state index in [1.807, 2.05) is 13.2 Å². The van der Waals surface area contributed by atoms with Crippen molar-refractivity contribution in [1.82, 2.24) is 10.2 Å². The first-order valence-electron chi connectivity index (χ1n) is 8.22. The second-order valence-electron chi connectivity index (χ2n) is 5.46. The standard InChI is InChI=1S/C16H22N4O4S3/c1-4-24-13-9-6-5-8-12(13)20(27(3,22)23)11-7-10-14(21)17-15-18-19-16(25-2)26-15/h5-6,8-9H,4,7,10-11H2,1-3H3,(H,17,18,21). The average molecular weight is 431 g/mol. The van der Waals surface area contributed by atoms with Crippen molar-refractivity contribution in [2.45, 2.75) is 24.1 Å². The van der Waals surface area contributed by atoms with Gasteiger partial charge in [-0.3, -0.25) is 9.10 Å². The first-order valence-corrected chi connectivity index (χ1v) is 12.1. The van der Waals surface area contributed by atoms with Gasteiger partial charge in [-0.2, -0.15) is 0 Å². The van der Waals surface area contributed by atoms with Crippen molar-refractivity contribution >= 4 is 49.8 Å². The van der Waals surface area contributed by atoms with Gasteiger partial charge in [0.15, 0.2) is 4.34 Å². The van der Waals surface area contributed by atoms with E-state index in [-0.39, 0.29) is 18.9 Å². The Hall–Kier alpha value is -1.85. The fourth-order valence-electron chi connectivity index (χ4n) is 2.31. The molecule has 0 bridgehead atoms. The van der Waals surface area contributed by atoms with Crippen molar-refractivity contribution in [2.24, 2.45) is 0 Å². The molecular formula is C16H22N4O4S3. The van der Waals surface area contributed by atoms with Crippen molar-refractivity contribution in [3.63, 3.8) is 0 Å². The Morgan fingerprint density at radius 2 is 2.07 bits per heavy atom. The molecule has 1 N–H and O–H groups in total. The number of rotatable bonds is 10. The van der Waals surface area contributed by atoms with Crippen LogP contribution >= 0.6 is 23.1 Å². The van der Waals surface area contributed by atoms with E-state index >= 15 is 0 Å². The number of carbonyl (C=O) groups is 1. The molecule has 8 nitrogen and oxygen atoms in total. The van der Waals surface area contributed by atoms with E-state index in [9.17, 15) is 13.2 Å². The van der Waals surface area contributed by atoms with Crippen LogP contribution < -0.4 is 14.4 Å². The number of anilines is 2. The van der Waals surface area contributed by atoms with Gasteiger partial charge in [-0.25, -0.2) is 8.42 Å². The van der Waals surface area contributed by atoms with E-state index in [1.54, 1.807) is 24.3 Å². The second kappa shape index (κ2) is 9.90. The van der Waals surface area contributed by atoms with Crippen LogP contribution in [0.3, 0.4) is 0 Å². The maximum absolute atomic E-state index is 12.2. The molecule has 1 aromatic heterocycles. The summed E-state index contributed by atoms with van der Waals surface area (Å²) < 4.78 is 32.0. The van der Waals surface area contributed by atoms with E-state index in [1.165, 1.54) is 27.4 Å². The zero-order valence-corrected chi connectivity index (χ0v) is 17.8. The van der Waals surface area contributed by atoms with Gasteiger partial charge in [-0.1, -0.05) is 35.2 Å². The summed E-state index contributed by atoms with van der Waals surface area (Å²) in [5, 5.41) is 10.9. The molecule has 0 saturated heterocycles. The van der Waals surface area contributed by atoms with E-state index in [2.05, 4.69) is 15.5 Å². The van der Waals surface area contributed by atoms with Crippen LogP contribution in [0.25, 0.3) is 0 Å². The van der Waals surface area contributed by atoms with Gasteiger partial charge in [-0.15, -0.1) is 10.2 Å². The highest BCUT2D eigenvalue weighted by atomic mass is 32.2. The quantitative estimate of drug-likeness (QED) is 0.457. The first-order chi connectivity index (χ1) is 12.8. The molecule has 1 amide bonds. The minimum Gasteiger partial charge on any atom is -0.492 e. The van der Waals surface area contributed by atoms with E-state index in [0.29, 0.717) is 29.6 Å². The van der Waals surface area contributed by atoms with Crippen LogP contribution in [0.5, 0.6) is 5.75 Å². The molecule has 0 aliphatic rings. The van der Waals surface area contributed by atoms with Crippen molar-refractivity contribution in [2.75, 3.05) is 35.3 Å². The average Bonchev–Trinajstić information content (AvgIpc) is 3.06. The number of amides is 1. The number of nitrogens with one attached hydrogen (secondary N) is 1. The third-order valence-electron chi connectivity index (χ3n) is 3.43. The lowest BCUT2D eigenvalue weighted by Gasteiger charge is -2.24. The van der Waals surface area contributed by atoms with E-state index in [0.717, 1.165) is 10.6 Å². The second-order valence-corrected chi connectivity index (χ2v) is 9.40. The van der Waals surface area contributed by atoms with Gasteiger partial charge < -0.3 is 10.1 Å². The first kappa shape index (κ1) is 21.5. The summed E-state index contributed by atoms with van der Waals surface area (Å²) in [7, 11) is -3.52. The summed E-state index contributed by atoms with van der Waals surface area (Å²) in [5.41, 5.74) is 0.469. The van der Waals surface area contributed by atoms with E-state index in [4.69, 9.17) is 4.74 Å². The number of benzene rings is 1. The largest absolute Gasteiger partial charge is 0.492 e. The minimum absolute atomic E-state index is 0.164. The highest BCUT2D eigenvalue weighted by molar-refractivity contribution is 8.00. The molecule has 148 valence electrons. The molecule has 1 heterocycles. The molecule has 0 atom stereocenters. The third kappa shape index (κ3) is 6.36. The highest BCUT2D eigenvalue weighted by Crippen LogP contribution is 2.30. The van der Waals surface area contributed by atoms with Crippen LogP contribution in [-0.4, -0.2) is 50.2 Å². The van der Waals surface area contributed by atoms with Crippen molar-refractivity contribution < 1.29 is 17.9 Å². The van der Waals surface area contributed by atoms with E-state index < -0.39 is 10.0 Å². The van der Waals surface area contributed by atoms with Gasteiger partial charge in [0.1, 0.15) is 5.75 Å². The fourth-order valence-corrected chi connectivity index (χ4v) is 4.47. The van der Waals surface area contributed by atoms with Gasteiger partial charge in [0.2, 0.25) is 21.1 Å². The van der Waals surface area contributed by atoms with Crippen LogP contribution in [0.1, 0.15) is 19.8 Å². The maximum atomic E-state index is 12.2. The summed E-state index contributed by atoms with van der Waals surface area (Å²) in [6, 6.07) is 6.95. The maximum Gasteiger partial charge on any atom is 0.232 e. The molecule has 27 heavy (non-hydrogen) atoms. The Labute approximate surface area is 167 Å². The summed E-state index contributed by atoms with van der Waals surface area (Å²) >= 11 is 2.75. The number of aromatic nitrogens is 2. The Bertz CT molecular complexity index is 870. The number of ether oxygens (including phenoxy) is 1. The van der Waals surface area contributed by atoms with Crippen molar-refractivity contribution in [3.8, 4) is 5.75 Å². The molecule has 0 aliphatic heterocycles. The number of hydrogen-bond acceptors (Lipinski definition) is 8. The van der Waals surface area contributed by atoms with Crippen LogP contribution in [0, 0.1) is 0 Å². The molecule has 0 unspecified atom stereocenters. The summed E-state index contributed by atoms with van der Waals surface area (Å²) in [5.74, 6) is 0.263.